The lowest BCUT2D eigenvalue weighted by atomic mass is 9.96. The van der Waals surface area contributed by atoms with Gasteiger partial charge in [0.1, 0.15) is 24.7 Å². The summed E-state index contributed by atoms with van der Waals surface area (Å²) in [6, 6.07) is 23.1. The van der Waals surface area contributed by atoms with Crippen molar-refractivity contribution in [1.82, 2.24) is 0 Å². The van der Waals surface area contributed by atoms with Gasteiger partial charge in [0, 0.05) is 17.2 Å². The van der Waals surface area contributed by atoms with E-state index in [1.807, 2.05) is 72.8 Å². The number of methoxy groups -OCH3 is 1. The Balaban J connectivity index is 1.84. The molecule has 0 aromatic heterocycles. The highest BCUT2D eigenvalue weighted by Crippen LogP contribution is 2.36. The van der Waals surface area contributed by atoms with Crippen molar-refractivity contribution in [1.29, 1.82) is 0 Å². The summed E-state index contributed by atoms with van der Waals surface area (Å²) in [6.07, 6.45) is 4.18. The third-order valence-corrected chi connectivity index (χ3v) is 5.30. The minimum absolute atomic E-state index is 0.209. The van der Waals surface area contributed by atoms with E-state index >= 15 is 0 Å². The number of carbonyl (C=O) groups excluding carboxylic acids is 1. The molecule has 0 unspecified atom stereocenters. The maximum atomic E-state index is 12.3. The third-order valence-electron chi connectivity index (χ3n) is 5.30. The number of ether oxygens (including phenoxy) is 3. The molecule has 3 rings (SSSR count). The van der Waals surface area contributed by atoms with Crippen molar-refractivity contribution < 1.29 is 24.1 Å². The average Bonchev–Trinajstić information content (AvgIpc) is 2.84. The second-order valence-corrected chi connectivity index (χ2v) is 8.68. The van der Waals surface area contributed by atoms with Crippen LogP contribution in [0.1, 0.15) is 42.5 Å². The van der Waals surface area contributed by atoms with Crippen molar-refractivity contribution in [2.45, 2.75) is 45.5 Å². The van der Waals surface area contributed by atoms with Gasteiger partial charge < -0.3 is 19.3 Å². The molecule has 0 aliphatic rings. The van der Waals surface area contributed by atoms with Crippen LogP contribution in [0.25, 0.3) is 6.08 Å². The van der Waals surface area contributed by atoms with E-state index in [9.17, 15) is 9.90 Å². The highest BCUT2D eigenvalue weighted by atomic mass is 16.5. The Bertz CT molecular complexity index is 1080. The van der Waals surface area contributed by atoms with Crippen LogP contribution in [0.3, 0.4) is 0 Å². The molecule has 3 aromatic carbocycles. The SMILES string of the molecule is COc1ccc(/C=C\C(=O)OCc2ccccc2)c(OCc2ccccc2)c1CCC(C)(C)O. The first kappa shape index (κ1) is 25.1. The van der Waals surface area contributed by atoms with E-state index in [-0.39, 0.29) is 6.61 Å². The molecule has 0 fully saturated rings. The molecule has 0 amide bonds. The maximum Gasteiger partial charge on any atom is 0.331 e. The molecule has 0 saturated carbocycles. The third kappa shape index (κ3) is 7.78. The number of esters is 1. The van der Waals surface area contributed by atoms with Gasteiger partial charge in [-0.15, -0.1) is 0 Å². The molecule has 0 aliphatic carbocycles. The van der Waals surface area contributed by atoms with E-state index in [4.69, 9.17) is 14.2 Å². The molecule has 0 atom stereocenters. The van der Waals surface area contributed by atoms with Gasteiger partial charge >= 0.3 is 5.97 Å². The second kappa shape index (κ2) is 12.1. The largest absolute Gasteiger partial charge is 0.496 e. The van der Waals surface area contributed by atoms with E-state index in [2.05, 4.69) is 0 Å². The summed E-state index contributed by atoms with van der Waals surface area (Å²) in [5.74, 6) is 0.863. The zero-order valence-corrected chi connectivity index (χ0v) is 20.0. The average molecular weight is 461 g/mol. The van der Waals surface area contributed by atoms with Crippen LogP contribution < -0.4 is 9.47 Å². The zero-order chi connectivity index (χ0) is 24.4. The van der Waals surface area contributed by atoms with Gasteiger partial charge in [0.15, 0.2) is 0 Å². The van der Waals surface area contributed by atoms with Gasteiger partial charge in [0.2, 0.25) is 0 Å². The minimum Gasteiger partial charge on any atom is -0.496 e. The van der Waals surface area contributed by atoms with E-state index in [1.54, 1.807) is 27.0 Å². The predicted octanol–water partition coefficient (Wildman–Crippen LogP) is 5.73. The molecule has 0 spiro atoms. The monoisotopic (exact) mass is 460 g/mol. The highest BCUT2D eigenvalue weighted by Gasteiger charge is 2.19. The molecule has 3 aromatic rings. The molecular weight excluding hydrogens is 428 g/mol. The Hall–Kier alpha value is -3.57. The fraction of sp³-hybridized carbons (Fsp3) is 0.276. The molecule has 178 valence electrons. The normalized spacial score (nSPS) is 11.4. The molecule has 0 heterocycles. The van der Waals surface area contributed by atoms with Crippen molar-refractivity contribution >= 4 is 12.0 Å². The molecule has 1 N–H and O–H groups in total. The Morgan fingerprint density at radius 2 is 1.53 bits per heavy atom. The van der Waals surface area contributed by atoms with Crippen LogP contribution in [-0.4, -0.2) is 23.8 Å². The first-order valence-electron chi connectivity index (χ1n) is 11.3. The van der Waals surface area contributed by atoms with Crippen LogP contribution >= 0.6 is 0 Å². The summed E-state index contributed by atoms with van der Waals surface area (Å²) in [7, 11) is 1.61. The van der Waals surface area contributed by atoms with E-state index in [1.165, 1.54) is 6.08 Å². The lowest BCUT2D eigenvalue weighted by molar-refractivity contribution is -0.138. The smallest absolute Gasteiger partial charge is 0.331 e. The summed E-state index contributed by atoms with van der Waals surface area (Å²) in [6.45, 7) is 4.12. The number of benzene rings is 3. The number of aliphatic hydroxyl groups is 1. The topological polar surface area (TPSA) is 65.0 Å². The second-order valence-electron chi connectivity index (χ2n) is 8.68. The lowest BCUT2D eigenvalue weighted by Crippen LogP contribution is -2.19. The minimum atomic E-state index is -0.838. The summed E-state index contributed by atoms with van der Waals surface area (Å²) >= 11 is 0. The van der Waals surface area contributed by atoms with Crippen molar-refractivity contribution in [2.24, 2.45) is 0 Å². The van der Waals surface area contributed by atoms with E-state index in [0.29, 0.717) is 30.9 Å². The van der Waals surface area contributed by atoms with Crippen molar-refractivity contribution in [3.63, 3.8) is 0 Å². The highest BCUT2D eigenvalue weighted by molar-refractivity contribution is 5.87. The fourth-order valence-corrected chi connectivity index (χ4v) is 3.45. The van der Waals surface area contributed by atoms with Gasteiger partial charge in [0.25, 0.3) is 0 Å². The fourth-order valence-electron chi connectivity index (χ4n) is 3.45. The molecule has 5 heteroatoms. The van der Waals surface area contributed by atoms with Crippen molar-refractivity contribution in [3.05, 3.63) is 101 Å². The summed E-state index contributed by atoms with van der Waals surface area (Å²) in [5.41, 5.74) is 2.69. The molecule has 0 radical (unpaired) electrons. The standard InChI is InChI=1S/C29H32O5/c1-29(2,31)19-18-25-26(32-3)16-14-24(28(25)34-21-23-12-8-5-9-13-23)15-17-27(30)33-20-22-10-6-4-7-11-22/h4-17,31H,18-21H2,1-3H3/b17-15-. The molecule has 5 nitrogen and oxygen atoms in total. The van der Waals surface area contributed by atoms with Gasteiger partial charge in [-0.2, -0.15) is 0 Å². The van der Waals surface area contributed by atoms with Gasteiger partial charge in [-0.1, -0.05) is 60.7 Å². The Kier molecular flexibility index (Phi) is 8.88. The molecule has 0 bridgehead atoms. The molecule has 0 aliphatic heterocycles. The predicted molar refractivity (Wildman–Crippen MR) is 134 cm³/mol. The van der Waals surface area contributed by atoms with Crippen molar-refractivity contribution in [3.8, 4) is 11.5 Å². The number of hydrogen-bond acceptors (Lipinski definition) is 5. The zero-order valence-electron chi connectivity index (χ0n) is 20.0. The lowest BCUT2D eigenvalue weighted by Gasteiger charge is -2.21. The van der Waals surface area contributed by atoms with Crippen LogP contribution in [0, 0.1) is 0 Å². The first-order valence-corrected chi connectivity index (χ1v) is 11.3. The van der Waals surface area contributed by atoms with Crippen LogP contribution in [0.2, 0.25) is 0 Å². The summed E-state index contributed by atoms with van der Waals surface area (Å²) in [5, 5.41) is 10.3. The molecular formula is C29H32O5. The Labute approximate surface area is 201 Å². The van der Waals surface area contributed by atoms with Gasteiger partial charge in [-0.25, -0.2) is 4.79 Å². The van der Waals surface area contributed by atoms with E-state index < -0.39 is 11.6 Å². The van der Waals surface area contributed by atoms with Crippen LogP contribution in [0.4, 0.5) is 0 Å². The van der Waals surface area contributed by atoms with E-state index in [0.717, 1.165) is 22.3 Å². The maximum absolute atomic E-state index is 12.3. The Morgan fingerprint density at radius 3 is 2.12 bits per heavy atom. The van der Waals surface area contributed by atoms with Gasteiger partial charge in [0.05, 0.1) is 12.7 Å². The summed E-state index contributed by atoms with van der Waals surface area (Å²) < 4.78 is 17.2. The number of rotatable bonds is 11. The Morgan fingerprint density at radius 1 is 0.912 bits per heavy atom. The quantitative estimate of drug-likeness (QED) is 0.292. The van der Waals surface area contributed by atoms with Crippen molar-refractivity contribution in [2.75, 3.05) is 7.11 Å². The first-order chi connectivity index (χ1) is 16.4. The number of carbonyl (C=O) groups is 1. The van der Waals surface area contributed by atoms with Crippen LogP contribution in [0.5, 0.6) is 11.5 Å². The van der Waals surface area contributed by atoms with Gasteiger partial charge in [-0.3, -0.25) is 0 Å². The summed E-state index contributed by atoms with van der Waals surface area (Å²) in [4.78, 5) is 12.3. The van der Waals surface area contributed by atoms with Gasteiger partial charge in [-0.05, 0) is 56.0 Å². The molecule has 0 saturated heterocycles. The molecule has 34 heavy (non-hydrogen) atoms. The number of hydrogen-bond donors (Lipinski definition) is 1. The van der Waals surface area contributed by atoms with Crippen LogP contribution in [-0.2, 0) is 29.2 Å². The van der Waals surface area contributed by atoms with Crippen LogP contribution in [0.15, 0.2) is 78.9 Å².